The van der Waals surface area contributed by atoms with Crippen molar-refractivity contribution < 1.29 is 9.18 Å². The van der Waals surface area contributed by atoms with Crippen LogP contribution in [0.1, 0.15) is 37.1 Å². The summed E-state index contributed by atoms with van der Waals surface area (Å²) >= 11 is 0. The molecular weight excluding hydrogens is 421 g/mol. The fourth-order valence-electron chi connectivity index (χ4n) is 4.08. The number of halogens is 1. The van der Waals surface area contributed by atoms with Gasteiger partial charge in [0.15, 0.2) is 0 Å². The lowest BCUT2D eigenvalue weighted by Crippen LogP contribution is -2.42. The van der Waals surface area contributed by atoms with E-state index in [0.717, 1.165) is 37.1 Å². The minimum absolute atomic E-state index is 0.0990. The molecule has 33 heavy (non-hydrogen) atoms. The first-order chi connectivity index (χ1) is 16.0. The molecule has 3 heterocycles. The van der Waals surface area contributed by atoms with Crippen LogP contribution in [0.15, 0.2) is 59.7 Å². The lowest BCUT2D eigenvalue weighted by molar-refractivity contribution is -0.123. The monoisotopic (exact) mass is 449 g/mol. The van der Waals surface area contributed by atoms with Gasteiger partial charge in [-0.05, 0) is 61.7 Å². The maximum atomic E-state index is 13.5. The summed E-state index contributed by atoms with van der Waals surface area (Å²) in [4.78, 5) is 38.7. The fraction of sp³-hybridized carbons (Fsp3) is 0.360. The molecular formula is C25H28FN5O2. The number of nitrogens with one attached hydrogen (secondary N) is 2. The molecule has 0 bridgehead atoms. The highest BCUT2D eigenvalue weighted by atomic mass is 19.1. The van der Waals surface area contributed by atoms with Crippen molar-refractivity contribution in [2.45, 2.75) is 32.2 Å². The number of hydrogen-bond donors (Lipinski definition) is 2. The molecule has 1 saturated heterocycles. The fourth-order valence-corrected chi connectivity index (χ4v) is 4.08. The zero-order chi connectivity index (χ0) is 23.2. The number of likely N-dealkylation sites (tertiary alicyclic amines) is 1. The minimum Gasteiger partial charge on any atom is -0.348 e. The summed E-state index contributed by atoms with van der Waals surface area (Å²) in [5, 5.41) is 3.07. The number of benzene rings is 1. The smallest absolute Gasteiger partial charge is 0.251 e. The van der Waals surface area contributed by atoms with Crippen molar-refractivity contribution in [2.75, 3.05) is 19.6 Å². The number of amides is 1. The van der Waals surface area contributed by atoms with Gasteiger partial charge in [-0.15, -0.1) is 0 Å². The maximum absolute atomic E-state index is 13.5. The molecule has 8 heteroatoms. The number of carbonyl (C=O) groups is 1. The van der Waals surface area contributed by atoms with Crippen molar-refractivity contribution >= 4 is 5.91 Å². The summed E-state index contributed by atoms with van der Waals surface area (Å²) in [7, 11) is 0. The van der Waals surface area contributed by atoms with Crippen molar-refractivity contribution in [3.05, 3.63) is 82.3 Å². The van der Waals surface area contributed by atoms with E-state index in [1.165, 1.54) is 18.2 Å². The van der Waals surface area contributed by atoms with Gasteiger partial charge in [-0.1, -0.05) is 19.1 Å². The van der Waals surface area contributed by atoms with E-state index in [0.29, 0.717) is 30.4 Å². The van der Waals surface area contributed by atoms with Gasteiger partial charge in [0.2, 0.25) is 5.91 Å². The van der Waals surface area contributed by atoms with Gasteiger partial charge in [-0.25, -0.2) is 9.37 Å². The zero-order valence-corrected chi connectivity index (χ0v) is 18.6. The average Bonchev–Trinajstić information content (AvgIpc) is 2.81. The molecule has 0 unspecified atom stereocenters. The SMILES string of the molecule is CC1CCN(CC(=O)N[C@@H](Cc2cc(=O)[nH]c(-c3ccncc3)n2)c2ccc(F)cc2)CC1. The summed E-state index contributed by atoms with van der Waals surface area (Å²) in [6.45, 7) is 4.35. The quantitative estimate of drug-likeness (QED) is 0.578. The first kappa shape index (κ1) is 22.8. The number of aromatic amines is 1. The molecule has 172 valence electrons. The molecule has 1 fully saturated rings. The Morgan fingerprint density at radius 1 is 1.18 bits per heavy atom. The third kappa shape index (κ3) is 6.32. The normalized spacial score (nSPS) is 15.8. The van der Waals surface area contributed by atoms with Crippen molar-refractivity contribution in [3.63, 3.8) is 0 Å². The van der Waals surface area contributed by atoms with Gasteiger partial charge in [0, 0.05) is 30.4 Å². The molecule has 0 radical (unpaired) electrons. The Morgan fingerprint density at radius 2 is 1.88 bits per heavy atom. The number of H-pyrrole nitrogens is 1. The van der Waals surface area contributed by atoms with Crippen molar-refractivity contribution in [1.29, 1.82) is 0 Å². The summed E-state index contributed by atoms with van der Waals surface area (Å²) in [6, 6.07) is 10.6. The summed E-state index contributed by atoms with van der Waals surface area (Å²) in [6.07, 6.45) is 5.73. The van der Waals surface area contributed by atoms with Crippen LogP contribution in [0.25, 0.3) is 11.4 Å². The Kier molecular flexibility index (Phi) is 7.24. The van der Waals surface area contributed by atoms with Crippen LogP contribution in [0.3, 0.4) is 0 Å². The van der Waals surface area contributed by atoms with E-state index < -0.39 is 6.04 Å². The summed E-state index contributed by atoms with van der Waals surface area (Å²) < 4.78 is 13.5. The van der Waals surface area contributed by atoms with Gasteiger partial charge in [0.05, 0.1) is 18.3 Å². The third-order valence-electron chi connectivity index (χ3n) is 6.01. The Balaban J connectivity index is 1.54. The topological polar surface area (TPSA) is 91.0 Å². The highest BCUT2D eigenvalue weighted by molar-refractivity contribution is 5.78. The molecule has 1 aliphatic rings. The highest BCUT2D eigenvalue weighted by Gasteiger charge is 2.21. The molecule has 1 amide bonds. The van der Waals surface area contributed by atoms with Gasteiger partial charge in [0.25, 0.3) is 5.56 Å². The number of aromatic nitrogens is 3. The van der Waals surface area contributed by atoms with Gasteiger partial charge >= 0.3 is 0 Å². The number of nitrogens with zero attached hydrogens (tertiary/aromatic N) is 3. The van der Waals surface area contributed by atoms with Gasteiger partial charge in [-0.2, -0.15) is 0 Å². The predicted octanol–water partition coefficient (Wildman–Crippen LogP) is 3.10. The zero-order valence-electron chi connectivity index (χ0n) is 18.6. The van der Waals surface area contributed by atoms with Crippen LogP contribution in [-0.4, -0.2) is 45.4 Å². The first-order valence-electron chi connectivity index (χ1n) is 11.2. The van der Waals surface area contributed by atoms with E-state index in [2.05, 4.69) is 32.1 Å². The maximum Gasteiger partial charge on any atom is 0.251 e. The van der Waals surface area contributed by atoms with E-state index in [-0.39, 0.29) is 17.3 Å². The molecule has 4 rings (SSSR count). The van der Waals surface area contributed by atoms with Crippen LogP contribution in [0.4, 0.5) is 4.39 Å². The van der Waals surface area contributed by atoms with Crippen molar-refractivity contribution in [1.82, 2.24) is 25.2 Å². The molecule has 0 spiro atoms. The molecule has 2 aromatic heterocycles. The lowest BCUT2D eigenvalue weighted by Gasteiger charge is -2.30. The Labute approximate surface area is 192 Å². The largest absolute Gasteiger partial charge is 0.348 e. The minimum atomic E-state index is -0.443. The van der Waals surface area contributed by atoms with Crippen LogP contribution in [0.5, 0.6) is 0 Å². The second-order valence-electron chi connectivity index (χ2n) is 8.66. The molecule has 0 saturated carbocycles. The summed E-state index contributed by atoms with van der Waals surface area (Å²) in [5.74, 6) is 0.679. The first-order valence-corrected chi connectivity index (χ1v) is 11.2. The highest BCUT2D eigenvalue weighted by Crippen LogP contribution is 2.20. The Bertz CT molecular complexity index is 1130. The van der Waals surface area contributed by atoms with Crippen molar-refractivity contribution in [3.8, 4) is 11.4 Å². The molecule has 1 atom stereocenters. The van der Waals surface area contributed by atoms with Gasteiger partial charge in [0.1, 0.15) is 11.6 Å². The molecule has 1 aliphatic heterocycles. The third-order valence-corrected chi connectivity index (χ3v) is 6.01. The van der Waals surface area contributed by atoms with E-state index >= 15 is 0 Å². The summed E-state index contributed by atoms with van der Waals surface area (Å²) in [5.41, 5.74) is 1.75. The molecule has 1 aromatic carbocycles. The second kappa shape index (κ2) is 10.5. The Hall–Kier alpha value is -3.39. The van der Waals surface area contributed by atoms with Crippen LogP contribution < -0.4 is 10.9 Å². The molecule has 3 aromatic rings. The predicted molar refractivity (Wildman–Crippen MR) is 124 cm³/mol. The average molecular weight is 450 g/mol. The molecule has 0 aliphatic carbocycles. The van der Waals surface area contributed by atoms with E-state index in [4.69, 9.17) is 0 Å². The molecule has 7 nitrogen and oxygen atoms in total. The van der Waals surface area contributed by atoms with Crippen LogP contribution >= 0.6 is 0 Å². The van der Waals surface area contributed by atoms with Crippen molar-refractivity contribution in [2.24, 2.45) is 5.92 Å². The second-order valence-corrected chi connectivity index (χ2v) is 8.66. The number of piperidine rings is 1. The van der Waals surface area contributed by atoms with E-state index in [9.17, 15) is 14.0 Å². The van der Waals surface area contributed by atoms with Crippen LogP contribution in [0, 0.1) is 11.7 Å². The standard InChI is InChI=1S/C25H28FN5O2/c1-17-8-12-31(13-9-17)16-24(33)29-22(18-2-4-20(26)5-3-18)14-21-15-23(32)30-25(28-21)19-6-10-27-11-7-19/h2-7,10-11,15,17,22H,8-9,12-14,16H2,1H3,(H,29,33)(H,28,30,32)/t22-/m0/s1. The van der Waals surface area contributed by atoms with Gasteiger partial charge in [-0.3, -0.25) is 19.5 Å². The van der Waals surface area contributed by atoms with Gasteiger partial charge < -0.3 is 10.3 Å². The van der Waals surface area contributed by atoms with E-state index in [1.807, 2.05) is 0 Å². The Morgan fingerprint density at radius 3 is 2.58 bits per heavy atom. The lowest BCUT2D eigenvalue weighted by atomic mass is 9.99. The number of carbonyl (C=O) groups excluding carboxylic acids is 1. The van der Waals surface area contributed by atoms with Crippen LogP contribution in [0.2, 0.25) is 0 Å². The number of rotatable bonds is 7. The van der Waals surface area contributed by atoms with E-state index in [1.54, 1.807) is 36.7 Å². The molecule has 2 N–H and O–H groups in total. The number of hydrogen-bond acceptors (Lipinski definition) is 5. The van der Waals surface area contributed by atoms with Crippen LogP contribution in [-0.2, 0) is 11.2 Å². The number of pyridine rings is 1.